The first-order valence-electron chi connectivity index (χ1n) is 11.7. The topological polar surface area (TPSA) is 94.2 Å². The maximum Gasteiger partial charge on any atom is 0.353 e. The Kier molecular flexibility index (Phi) is 7.35. The molecule has 0 fully saturated rings. The molecule has 0 unspecified atom stereocenters. The molecule has 4 aromatic rings. The molecule has 0 aliphatic heterocycles. The zero-order valence-electron chi connectivity index (χ0n) is 19.6. The summed E-state index contributed by atoms with van der Waals surface area (Å²) in [4.78, 5) is 37.7. The quantitative estimate of drug-likeness (QED) is 0.353. The SMILES string of the molecule is CCCCCc1nn(C(=O)c2ccccc2)c(=O)n1Cc1ccc(-c2ccccc2C(=O)O)cc1. The summed E-state index contributed by atoms with van der Waals surface area (Å²) >= 11 is 0. The molecular weight excluding hydrogens is 442 g/mol. The van der Waals surface area contributed by atoms with E-state index < -0.39 is 17.6 Å². The second-order valence-corrected chi connectivity index (χ2v) is 8.37. The molecule has 0 aliphatic carbocycles. The van der Waals surface area contributed by atoms with Gasteiger partial charge in [-0.3, -0.25) is 9.36 Å². The van der Waals surface area contributed by atoms with E-state index in [1.165, 1.54) is 0 Å². The molecule has 0 amide bonds. The van der Waals surface area contributed by atoms with Gasteiger partial charge in [0, 0.05) is 12.0 Å². The number of aryl methyl sites for hydroxylation is 1. The third-order valence-electron chi connectivity index (χ3n) is 5.92. The van der Waals surface area contributed by atoms with E-state index in [-0.39, 0.29) is 12.1 Å². The summed E-state index contributed by atoms with van der Waals surface area (Å²) in [5.41, 5.74) is 2.43. The number of aromatic carboxylic acids is 1. The summed E-state index contributed by atoms with van der Waals surface area (Å²) in [6.45, 7) is 2.37. The van der Waals surface area contributed by atoms with Crippen LogP contribution >= 0.6 is 0 Å². The molecule has 0 bridgehead atoms. The molecule has 7 nitrogen and oxygen atoms in total. The van der Waals surface area contributed by atoms with Crippen LogP contribution in [0.5, 0.6) is 0 Å². The first kappa shape index (κ1) is 23.9. The number of hydrogen-bond acceptors (Lipinski definition) is 4. The van der Waals surface area contributed by atoms with E-state index in [0.29, 0.717) is 23.4 Å². The van der Waals surface area contributed by atoms with Crippen molar-refractivity contribution in [3.63, 3.8) is 0 Å². The number of nitrogens with zero attached hydrogens (tertiary/aromatic N) is 3. The summed E-state index contributed by atoms with van der Waals surface area (Å²) in [6.07, 6.45) is 3.51. The van der Waals surface area contributed by atoms with Crippen molar-refractivity contribution in [2.45, 2.75) is 39.2 Å². The zero-order chi connectivity index (χ0) is 24.8. The maximum atomic E-state index is 13.2. The Labute approximate surface area is 203 Å². The minimum Gasteiger partial charge on any atom is -0.478 e. The molecular formula is C28H27N3O4. The number of hydrogen-bond donors (Lipinski definition) is 1. The van der Waals surface area contributed by atoms with Crippen molar-refractivity contribution in [1.82, 2.24) is 14.3 Å². The Hall–Kier alpha value is -4.26. The highest BCUT2D eigenvalue weighted by Crippen LogP contribution is 2.24. The van der Waals surface area contributed by atoms with Crippen LogP contribution in [-0.4, -0.2) is 31.3 Å². The fraction of sp³-hybridized carbons (Fsp3) is 0.214. The number of aromatic nitrogens is 3. The summed E-state index contributed by atoms with van der Waals surface area (Å²) in [6, 6.07) is 22.9. The largest absolute Gasteiger partial charge is 0.478 e. The molecule has 0 radical (unpaired) electrons. The van der Waals surface area contributed by atoms with E-state index in [4.69, 9.17) is 0 Å². The highest BCUT2D eigenvalue weighted by Gasteiger charge is 2.20. The van der Waals surface area contributed by atoms with Crippen LogP contribution in [0.25, 0.3) is 11.1 Å². The molecule has 1 N–H and O–H groups in total. The summed E-state index contributed by atoms with van der Waals surface area (Å²) in [5.74, 6) is -0.858. The van der Waals surface area contributed by atoms with Crippen molar-refractivity contribution in [3.05, 3.63) is 112 Å². The standard InChI is InChI=1S/C28H27N3O4/c1-2-3-5-14-25-29-31(26(32)22-10-6-4-7-11-22)28(35)30(25)19-20-15-17-21(18-16-20)23-12-8-9-13-24(23)27(33)34/h4,6-13,15-18H,2-3,5,14,19H2,1H3,(H,33,34). The highest BCUT2D eigenvalue weighted by atomic mass is 16.4. The van der Waals surface area contributed by atoms with E-state index in [0.717, 1.165) is 35.1 Å². The molecule has 178 valence electrons. The third kappa shape index (κ3) is 5.30. The van der Waals surface area contributed by atoms with E-state index in [9.17, 15) is 19.5 Å². The summed E-state index contributed by atoms with van der Waals surface area (Å²) in [5, 5.41) is 13.9. The zero-order valence-corrected chi connectivity index (χ0v) is 19.6. The molecule has 0 saturated carbocycles. The van der Waals surface area contributed by atoms with Crippen molar-refractivity contribution in [3.8, 4) is 11.1 Å². The Bertz CT molecular complexity index is 1390. The number of carboxylic acids is 1. The Morgan fingerprint density at radius 2 is 1.57 bits per heavy atom. The van der Waals surface area contributed by atoms with Crippen molar-refractivity contribution >= 4 is 11.9 Å². The van der Waals surface area contributed by atoms with E-state index in [2.05, 4.69) is 12.0 Å². The minimum atomic E-state index is -0.983. The summed E-state index contributed by atoms with van der Waals surface area (Å²) in [7, 11) is 0. The molecule has 7 heteroatoms. The lowest BCUT2D eigenvalue weighted by Crippen LogP contribution is -2.30. The van der Waals surface area contributed by atoms with Crippen molar-refractivity contribution in [2.75, 3.05) is 0 Å². The van der Waals surface area contributed by atoms with Gasteiger partial charge in [-0.25, -0.2) is 9.59 Å². The fourth-order valence-electron chi connectivity index (χ4n) is 4.04. The van der Waals surface area contributed by atoms with Gasteiger partial charge >= 0.3 is 11.7 Å². The predicted octanol–water partition coefficient (Wildman–Crippen LogP) is 4.88. The second kappa shape index (κ2) is 10.8. The molecule has 1 heterocycles. The number of unbranched alkanes of at least 4 members (excludes halogenated alkanes) is 2. The van der Waals surface area contributed by atoms with Gasteiger partial charge in [-0.15, -0.1) is 9.78 Å². The van der Waals surface area contributed by atoms with Crippen LogP contribution in [0.15, 0.2) is 83.7 Å². The van der Waals surface area contributed by atoms with Gasteiger partial charge in [-0.2, -0.15) is 0 Å². The number of carbonyl (C=O) groups is 2. The first-order valence-corrected chi connectivity index (χ1v) is 11.7. The number of benzene rings is 3. The lowest BCUT2D eigenvalue weighted by Gasteiger charge is -2.09. The van der Waals surface area contributed by atoms with E-state index in [1.807, 2.05) is 30.3 Å². The molecule has 35 heavy (non-hydrogen) atoms. The molecule has 0 atom stereocenters. The number of carbonyl (C=O) groups excluding carboxylic acids is 1. The minimum absolute atomic E-state index is 0.232. The van der Waals surface area contributed by atoms with Crippen LogP contribution < -0.4 is 5.69 Å². The van der Waals surface area contributed by atoms with Crippen LogP contribution in [0, 0.1) is 0 Å². The third-order valence-corrected chi connectivity index (χ3v) is 5.92. The Morgan fingerprint density at radius 1 is 0.886 bits per heavy atom. The van der Waals surface area contributed by atoms with E-state index in [1.54, 1.807) is 53.1 Å². The monoisotopic (exact) mass is 469 g/mol. The molecule has 0 saturated heterocycles. The molecule has 4 rings (SSSR count). The summed E-state index contributed by atoms with van der Waals surface area (Å²) < 4.78 is 2.50. The maximum absolute atomic E-state index is 13.2. The Balaban J connectivity index is 1.65. The van der Waals surface area contributed by atoms with Crippen molar-refractivity contribution in [2.24, 2.45) is 0 Å². The molecule has 0 spiro atoms. The molecule has 1 aromatic heterocycles. The Morgan fingerprint density at radius 3 is 2.26 bits per heavy atom. The molecule has 3 aromatic carbocycles. The van der Waals surface area contributed by atoms with Crippen LogP contribution in [-0.2, 0) is 13.0 Å². The van der Waals surface area contributed by atoms with Crippen LogP contribution in [0.3, 0.4) is 0 Å². The predicted molar refractivity (Wildman–Crippen MR) is 134 cm³/mol. The van der Waals surface area contributed by atoms with E-state index >= 15 is 0 Å². The smallest absolute Gasteiger partial charge is 0.353 e. The van der Waals surface area contributed by atoms with Gasteiger partial charge in [0.15, 0.2) is 0 Å². The van der Waals surface area contributed by atoms with Gasteiger partial charge in [0.25, 0.3) is 5.91 Å². The first-order chi connectivity index (χ1) is 17.0. The lowest BCUT2D eigenvalue weighted by atomic mass is 9.99. The van der Waals surface area contributed by atoms with Gasteiger partial charge in [-0.05, 0) is 41.3 Å². The highest BCUT2D eigenvalue weighted by molar-refractivity contribution is 5.96. The van der Waals surface area contributed by atoms with Crippen LogP contribution in [0.2, 0.25) is 0 Å². The number of carboxylic acid groups (broad SMARTS) is 1. The average molecular weight is 470 g/mol. The van der Waals surface area contributed by atoms with Gasteiger partial charge in [-0.1, -0.05) is 80.4 Å². The fourth-order valence-corrected chi connectivity index (χ4v) is 4.04. The van der Waals surface area contributed by atoms with Crippen molar-refractivity contribution in [1.29, 1.82) is 0 Å². The number of rotatable bonds is 9. The van der Waals surface area contributed by atoms with Crippen LogP contribution in [0.4, 0.5) is 0 Å². The van der Waals surface area contributed by atoms with Gasteiger partial charge in [0.2, 0.25) is 0 Å². The molecule has 0 aliphatic rings. The van der Waals surface area contributed by atoms with Crippen LogP contribution in [0.1, 0.15) is 58.3 Å². The normalized spacial score (nSPS) is 10.9. The van der Waals surface area contributed by atoms with Gasteiger partial charge in [0.05, 0.1) is 12.1 Å². The van der Waals surface area contributed by atoms with Gasteiger partial charge in [0.1, 0.15) is 5.82 Å². The van der Waals surface area contributed by atoms with Gasteiger partial charge < -0.3 is 5.11 Å². The van der Waals surface area contributed by atoms with Crippen molar-refractivity contribution < 1.29 is 14.7 Å². The lowest BCUT2D eigenvalue weighted by molar-refractivity contribution is 0.0697. The average Bonchev–Trinajstić information content (AvgIpc) is 3.19. The second-order valence-electron chi connectivity index (χ2n) is 8.37.